The van der Waals surface area contributed by atoms with Crippen LogP contribution in [0.5, 0.6) is 11.5 Å². The minimum atomic E-state index is -0.120. The van der Waals surface area contributed by atoms with Gasteiger partial charge in [0.15, 0.2) is 16.7 Å². The summed E-state index contributed by atoms with van der Waals surface area (Å²) in [6.45, 7) is 1.24. The minimum absolute atomic E-state index is 0.120. The molecule has 1 amide bonds. The number of halogens is 1. The van der Waals surface area contributed by atoms with Crippen LogP contribution in [0.25, 0.3) is 5.69 Å². The minimum Gasteiger partial charge on any atom is -0.490 e. The maximum atomic E-state index is 12.4. The van der Waals surface area contributed by atoms with E-state index in [2.05, 4.69) is 10.3 Å². The molecule has 2 aromatic carbocycles. The van der Waals surface area contributed by atoms with Crippen molar-refractivity contribution in [1.82, 2.24) is 9.55 Å². The lowest BCUT2D eigenvalue weighted by Gasteiger charge is -2.11. The van der Waals surface area contributed by atoms with Gasteiger partial charge in [-0.25, -0.2) is 4.98 Å². The number of fused-ring (bicyclic) bond motifs is 1. The average Bonchev–Trinajstić information content (AvgIpc) is 3.04. The summed E-state index contributed by atoms with van der Waals surface area (Å²) in [4.78, 5) is 16.7. The molecule has 1 aliphatic rings. The van der Waals surface area contributed by atoms with E-state index in [0.29, 0.717) is 35.4 Å². The summed E-state index contributed by atoms with van der Waals surface area (Å²) in [5.74, 6) is 1.47. The van der Waals surface area contributed by atoms with Crippen molar-refractivity contribution >= 4 is 35.0 Å². The maximum absolute atomic E-state index is 12.4. The highest BCUT2D eigenvalue weighted by Gasteiger charge is 2.13. The summed E-state index contributed by atoms with van der Waals surface area (Å²) in [5, 5.41) is 4.30. The highest BCUT2D eigenvalue weighted by atomic mass is 35.5. The lowest BCUT2D eigenvalue weighted by atomic mass is 10.2. The first-order valence-electron chi connectivity index (χ1n) is 8.81. The van der Waals surface area contributed by atoms with Crippen LogP contribution < -0.4 is 14.8 Å². The molecule has 0 radical (unpaired) electrons. The number of carbonyl (C=O) groups excluding carboxylic acids is 1. The second kappa shape index (κ2) is 8.58. The van der Waals surface area contributed by atoms with Crippen LogP contribution in [-0.2, 0) is 4.79 Å². The molecule has 3 aromatic rings. The summed E-state index contributed by atoms with van der Waals surface area (Å²) in [5.41, 5.74) is 1.61. The monoisotopic (exact) mass is 415 g/mol. The van der Waals surface area contributed by atoms with E-state index in [-0.39, 0.29) is 11.7 Å². The van der Waals surface area contributed by atoms with E-state index in [1.807, 2.05) is 47.2 Å². The molecule has 8 heteroatoms. The normalized spacial score (nSPS) is 13.0. The Morgan fingerprint density at radius 2 is 1.93 bits per heavy atom. The molecule has 0 unspecified atom stereocenters. The number of rotatable bonds is 5. The fourth-order valence-corrected chi connectivity index (χ4v) is 3.66. The maximum Gasteiger partial charge on any atom is 0.234 e. The summed E-state index contributed by atoms with van der Waals surface area (Å²) >= 11 is 7.31. The number of nitrogens with zero attached hydrogens (tertiary/aromatic N) is 2. The molecule has 0 bridgehead atoms. The van der Waals surface area contributed by atoms with Gasteiger partial charge in [0, 0.05) is 41.3 Å². The summed E-state index contributed by atoms with van der Waals surface area (Å²) in [7, 11) is 0. The van der Waals surface area contributed by atoms with Gasteiger partial charge < -0.3 is 14.8 Å². The Morgan fingerprint density at radius 3 is 2.75 bits per heavy atom. The third-order valence-corrected chi connectivity index (χ3v) is 5.29. The van der Waals surface area contributed by atoms with Crippen LogP contribution in [0, 0.1) is 0 Å². The third-order valence-electron chi connectivity index (χ3n) is 4.08. The molecule has 0 saturated carbocycles. The van der Waals surface area contributed by atoms with Crippen LogP contribution in [0.4, 0.5) is 5.69 Å². The zero-order chi connectivity index (χ0) is 19.3. The Kier molecular flexibility index (Phi) is 5.73. The van der Waals surface area contributed by atoms with E-state index in [0.717, 1.165) is 17.3 Å². The van der Waals surface area contributed by atoms with E-state index in [1.54, 1.807) is 12.3 Å². The van der Waals surface area contributed by atoms with Crippen LogP contribution in [0.15, 0.2) is 60.0 Å². The molecule has 4 rings (SSSR count). The molecule has 6 nitrogen and oxygen atoms in total. The molecule has 0 fully saturated rings. The lowest BCUT2D eigenvalue weighted by molar-refractivity contribution is -0.113. The fourth-order valence-electron chi connectivity index (χ4n) is 2.76. The standard InChI is InChI=1S/C20H18ClN3O3S/c21-14-2-5-16(6-3-14)24-9-8-22-20(24)28-13-19(25)23-15-4-7-17-18(12-15)27-11-1-10-26-17/h2-9,12H,1,10-11,13H2,(H,23,25). The van der Waals surface area contributed by atoms with Gasteiger partial charge in [-0.15, -0.1) is 0 Å². The van der Waals surface area contributed by atoms with Gasteiger partial charge >= 0.3 is 0 Å². The molecule has 0 saturated heterocycles. The van der Waals surface area contributed by atoms with Crippen molar-refractivity contribution in [3.8, 4) is 17.2 Å². The molecule has 0 atom stereocenters. The topological polar surface area (TPSA) is 65.4 Å². The van der Waals surface area contributed by atoms with Gasteiger partial charge in [0.2, 0.25) is 5.91 Å². The number of hydrogen-bond acceptors (Lipinski definition) is 5. The predicted molar refractivity (Wildman–Crippen MR) is 110 cm³/mol. The number of amides is 1. The Labute approximate surface area is 171 Å². The zero-order valence-electron chi connectivity index (χ0n) is 14.9. The number of nitrogens with one attached hydrogen (secondary N) is 1. The van der Waals surface area contributed by atoms with Crippen LogP contribution in [-0.4, -0.2) is 34.4 Å². The van der Waals surface area contributed by atoms with Crippen molar-refractivity contribution < 1.29 is 14.3 Å². The quantitative estimate of drug-likeness (QED) is 0.625. The van der Waals surface area contributed by atoms with Gasteiger partial charge in [-0.2, -0.15) is 0 Å². The van der Waals surface area contributed by atoms with E-state index >= 15 is 0 Å². The molecular formula is C20H18ClN3O3S. The first-order valence-corrected chi connectivity index (χ1v) is 10.2. The van der Waals surface area contributed by atoms with Crippen molar-refractivity contribution in [1.29, 1.82) is 0 Å². The number of ether oxygens (including phenoxy) is 2. The SMILES string of the molecule is O=C(CSc1nccn1-c1ccc(Cl)cc1)Nc1ccc2c(c1)OCCCO2. The summed E-state index contributed by atoms with van der Waals surface area (Å²) in [6, 6.07) is 12.9. The molecule has 1 aromatic heterocycles. The molecule has 144 valence electrons. The van der Waals surface area contributed by atoms with Crippen molar-refractivity contribution in [2.45, 2.75) is 11.6 Å². The van der Waals surface area contributed by atoms with Gasteiger partial charge in [-0.3, -0.25) is 9.36 Å². The molecule has 1 aliphatic heterocycles. The number of aromatic nitrogens is 2. The fraction of sp³-hybridized carbons (Fsp3) is 0.200. The van der Waals surface area contributed by atoms with Gasteiger partial charge in [0.25, 0.3) is 0 Å². The largest absolute Gasteiger partial charge is 0.490 e. The van der Waals surface area contributed by atoms with E-state index in [4.69, 9.17) is 21.1 Å². The summed E-state index contributed by atoms with van der Waals surface area (Å²) in [6.07, 6.45) is 4.40. The van der Waals surface area contributed by atoms with E-state index in [9.17, 15) is 4.79 Å². The number of benzene rings is 2. The Bertz CT molecular complexity index is 975. The first-order chi connectivity index (χ1) is 13.7. The second-order valence-corrected chi connectivity index (χ2v) is 7.48. The van der Waals surface area contributed by atoms with Gasteiger partial charge in [0.1, 0.15) is 0 Å². The Hall–Kier alpha value is -2.64. The highest BCUT2D eigenvalue weighted by molar-refractivity contribution is 7.99. The number of hydrogen-bond donors (Lipinski definition) is 1. The van der Waals surface area contributed by atoms with E-state index < -0.39 is 0 Å². The molecule has 0 aliphatic carbocycles. The van der Waals surface area contributed by atoms with Crippen LogP contribution in [0.1, 0.15) is 6.42 Å². The lowest BCUT2D eigenvalue weighted by Crippen LogP contribution is -2.14. The smallest absolute Gasteiger partial charge is 0.234 e. The number of imidazole rings is 1. The van der Waals surface area contributed by atoms with Crippen molar-refractivity contribution in [2.75, 3.05) is 24.3 Å². The van der Waals surface area contributed by atoms with Crippen LogP contribution in [0.3, 0.4) is 0 Å². The Balaban J connectivity index is 1.38. The first kappa shape index (κ1) is 18.7. The Morgan fingerprint density at radius 1 is 1.14 bits per heavy atom. The molecule has 2 heterocycles. The second-order valence-electron chi connectivity index (χ2n) is 6.11. The van der Waals surface area contributed by atoms with E-state index in [1.165, 1.54) is 11.8 Å². The van der Waals surface area contributed by atoms with Gasteiger partial charge in [-0.05, 0) is 36.4 Å². The molecule has 0 spiro atoms. The molecular weight excluding hydrogens is 398 g/mol. The molecule has 1 N–H and O–H groups in total. The third kappa shape index (κ3) is 4.43. The van der Waals surface area contributed by atoms with Gasteiger partial charge in [-0.1, -0.05) is 23.4 Å². The van der Waals surface area contributed by atoms with Crippen molar-refractivity contribution in [3.05, 3.63) is 59.9 Å². The van der Waals surface area contributed by atoms with Gasteiger partial charge in [0.05, 0.1) is 19.0 Å². The van der Waals surface area contributed by atoms with Crippen molar-refractivity contribution in [3.63, 3.8) is 0 Å². The predicted octanol–water partition coefficient (Wildman–Crippen LogP) is 4.42. The average molecular weight is 416 g/mol. The van der Waals surface area contributed by atoms with Crippen molar-refractivity contribution in [2.24, 2.45) is 0 Å². The number of thioether (sulfide) groups is 1. The highest BCUT2D eigenvalue weighted by Crippen LogP contribution is 2.32. The number of anilines is 1. The number of carbonyl (C=O) groups is 1. The summed E-state index contributed by atoms with van der Waals surface area (Å²) < 4.78 is 13.2. The molecule has 28 heavy (non-hydrogen) atoms. The zero-order valence-corrected chi connectivity index (χ0v) is 16.5. The van der Waals surface area contributed by atoms with Crippen LogP contribution >= 0.6 is 23.4 Å². The van der Waals surface area contributed by atoms with Crippen LogP contribution in [0.2, 0.25) is 5.02 Å².